The number of ketones is 1. The summed E-state index contributed by atoms with van der Waals surface area (Å²) in [6.07, 6.45) is 1.76. The molecule has 0 unspecified atom stereocenters. The van der Waals surface area contributed by atoms with Crippen molar-refractivity contribution in [3.63, 3.8) is 0 Å². The summed E-state index contributed by atoms with van der Waals surface area (Å²) < 4.78 is 6.23. The fourth-order valence-electron chi connectivity index (χ4n) is 3.22. The van der Waals surface area contributed by atoms with Crippen molar-refractivity contribution in [1.82, 2.24) is 4.90 Å². The topological polar surface area (TPSA) is 46.6 Å². The molecule has 112 valence electrons. The van der Waals surface area contributed by atoms with E-state index in [1.54, 1.807) is 13.0 Å². The number of hydrogen-bond donors (Lipinski definition) is 0. The van der Waals surface area contributed by atoms with E-state index in [4.69, 9.17) is 16.3 Å². The first-order valence-corrected chi connectivity index (χ1v) is 7.56. The maximum absolute atomic E-state index is 12.5. The zero-order valence-electron chi connectivity index (χ0n) is 12.2. The van der Waals surface area contributed by atoms with Gasteiger partial charge in [-0.3, -0.25) is 9.59 Å². The Morgan fingerprint density at radius 2 is 2.00 bits per heavy atom. The van der Waals surface area contributed by atoms with Gasteiger partial charge >= 0.3 is 0 Å². The molecule has 0 N–H and O–H groups in total. The number of amides is 1. The number of fused-ring (bicyclic) bond motifs is 1. The highest BCUT2D eigenvalue weighted by Gasteiger charge is 2.43. The van der Waals surface area contributed by atoms with Crippen molar-refractivity contribution in [2.75, 3.05) is 13.1 Å². The smallest absolute Gasteiger partial charge is 0.219 e. The van der Waals surface area contributed by atoms with E-state index in [0.29, 0.717) is 48.7 Å². The van der Waals surface area contributed by atoms with Crippen LogP contribution < -0.4 is 4.74 Å². The van der Waals surface area contributed by atoms with Crippen LogP contribution in [0, 0.1) is 6.92 Å². The summed E-state index contributed by atoms with van der Waals surface area (Å²) in [5.41, 5.74) is 1.01. The van der Waals surface area contributed by atoms with Gasteiger partial charge in [0.15, 0.2) is 5.78 Å². The third-order valence-electron chi connectivity index (χ3n) is 4.46. The summed E-state index contributed by atoms with van der Waals surface area (Å²) >= 11 is 6.03. The van der Waals surface area contributed by atoms with E-state index in [9.17, 15) is 9.59 Å². The third-order valence-corrected chi connectivity index (χ3v) is 4.68. The van der Waals surface area contributed by atoms with Gasteiger partial charge in [-0.15, -0.1) is 0 Å². The van der Waals surface area contributed by atoms with Crippen LogP contribution in [0.3, 0.4) is 0 Å². The van der Waals surface area contributed by atoms with Crippen molar-refractivity contribution in [2.45, 2.75) is 38.7 Å². The van der Waals surface area contributed by atoms with Gasteiger partial charge in [-0.05, 0) is 24.6 Å². The first-order chi connectivity index (χ1) is 9.90. The van der Waals surface area contributed by atoms with Crippen LogP contribution in [0.5, 0.6) is 5.75 Å². The van der Waals surface area contributed by atoms with Crippen LogP contribution >= 0.6 is 11.6 Å². The summed E-state index contributed by atoms with van der Waals surface area (Å²) in [6.45, 7) is 4.77. The molecule has 2 aliphatic rings. The molecule has 2 aliphatic heterocycles. The van der Waals surface area contributed by atoms with Crippen LogP contribution in [-0.4, -0.2) is 35.3 Å². The molecule has 5 heteroatoms. The lowest BCUT2D eigenvalue weighted by molar-refractivity contribution is -0.132. The number of nitrogens with zero attached hydrogens (tertiary/aromatic N) is 1. The SMILES string of the molecule is CC(=O)N1CCC2(CC1)CC(=O)c1cc(Cl)cc(C)c1O2. The fraction of sp³-hybridized carbons (Fsp3) is 0.500. The van der Waals surface area contributed by atoms with Crippen molar-refractivity contribution in [1.29, 1.82) is 0 Å². The zero-order valence-corrected chi connectivity index (χ0v) is 13.0. The molecule has 0 saturated carbocycles. The molecule has 1 amide bonds. The number of benzene rings is 1. The van der Waals surface area contributed by atoms with Crippen LogP contribution in [0.15, 0.2) is 12.1 Å². The zero-order chi connectivity index (χ0) is 15.2. The molecule has 1 spiro atoms. The second-order valence-corrected chi connectivity index (χ2v) is 6.43. The molecule has 0 bridgehead atoms. The maximum atomic E-state index is 12.5. The van der Waals surface area contributed by atoms with E-state index in [1.165, 1.54) is 0 Å². The molecule has 0 aliphatic carbocycles. The lowest BCUT2D eigenvalue weighted by Crippen LogP contribution is -2.52. The highest BCUT2D eigenvalue weighted by atomic mass is 35.5. The molecule has 1 fully saturated rings. The second-order valence-electron chi connectivity index (χ2n) is 5.99. The number of rotatable bonds is 0. The number of carbonyl (C=O) groups is 2. The second kappa shape index (κ2) is 5.02. The predicted octanol–water partition coefficient (Wildman–Crippen LogP) is 2.99. The number of carbonyl (C=O) groups excluding carboxylic acids is 2. The van der Waals surface area contributed by atoms with Crippen molar-refractivity contribution < 1.29 is 14.3 Å². The molecular weight excluding hydrogens is 290 g/mol. The van der Waals surface area contributed by atoms with Crippen LogP contribution in [0.25, 0.3) is 0 Å². The fourth-order valence-corrected chi connectivity index (χ4v) is 3.49. The summed E-state index contributed by atoms with van der Waals surface area (Å²) in [4.78, 5) is 25.7. The molecule has 21 heavy (non-hydrogen) atoms. The van der Waals surface area contributed by atoms with Gasteiger partial charge in [0.2, 0.25) is 5.91 Å². The predicted molar refractivity (Wildman–Crippen MR) is 80.0 cm³/mol. The Hall–Kier alpha value is -1.55. The molecule has 3 rings (SSSR count). The maximum Gasteiger partial charge on any atom is 0.219 e. The summed E-state index contributed by atoms with van der Waals surface area (Å²) in [5.74, 6) is 0.820. The van der Waals surface area contributed by atoms with Gasteiger partial charge in [-0.25, -0.2) is 0 Å². The van der Waals surface area contributed by atoms with Gasteiger partial charge in [-0.2, -0.15) is 0 Å². The Morgan fingerprint density at radius 1 is 1.33 bits per heavy atom. The quantitative estimate of drug-likeness (QED) is 0.740. The van der Waals surface area contributed by atoms with Crippen LogP contribution in [0.1, 0.15) is 42.1 Å². The van der Waals surface area contributed by atoms with Crippen LogP contribution in [0.4, 0.5) is 0 Å². The third kappa shape index (κ3) is 2.53. The Kier molecular flexibility index (Phi) is 3.44. The number of ether oxygens (including phenoxy) is 1. The molecule has 1 aromatic carbocycles. The Bertz CT molecular complexity index is 618. The lowest BCUT2D eigenvalue weighted by Gasteiger charge is -2.44. The van der Waals surface area contributed by atoms with Crippen molar-refractivity contribution in [3.8, 4) is 5.75 Å². The van der Waals surface area contributed by atoms with Gasteiger partial charge in [-0.1, -0.05) is 11.6 Å². The molecule has 0 radical (unpaired) electrons. The molecular formula is C16H18ClNO3. The molecule has 1 saturated heterocycles. The van der Waals surface area contributed by atoms with E-state index in [0.717, 1.165) is 5.56 Å². The van der Waals surface area contributed by atoms with E-state index >= 15 is 0 Å². The largest absolute Gasteiger partial charge is 0.486 e. The van der Waals surface area contributed by atoms with E-state index in [2.05, 4.69) is 0 Å². The summed E-state index contributed by atoms with van der Waals surface area (Å²) in [5, 5.41) is 0.561. The minimum absolute atomic E-state index is 0.0790. The average molecular weight is 308 g/mol. The number of piperidine rings is 1. The molecule has 2 heterocycles. The standard InChI is InChI=1S/C16H18ClNO3/c1-10-7-12(17)8-13-14(20)9-16(21-15(10)13)3-5-18(6-4-16)11(2)19/h7-8H,3-6,9H2,1-2H3. The van der Waals surface area contributed by atoms with Gasteiger partial charge in [0.1, 0.15) is 11.4 Å². The number of Topliss-reactive ketones (excluding diaryl/α,β-unsaturated/α-hetero) is 1. The van der Waals surface area contributed by atoms with Crippen LogP contribution in [0.2, 0.25) is 5.02 Å². The Balaban J connectivity index is 1.89. The first kappa shape index (κ1) is 14.4. The van der Waals surface area contributed by atoms with Gasteiger partial charge in [0.25, 0.3) is 0 Å². The molecule has 4 nitrogen and oxygen atoms in total. The molecule has 1 aromatic rings. The number of hydrogen-bond acceptors (Lipinski definition) is 3. The Labute approximate surface area is 129 Å². The summed E-state index contributed by atoms with van der Waals surface area (Å²) in [6, 6.07) is 3.50. The number of likely N-dealkylation sites (tertiary alicyclic amines) is 1. The van der Waals surface area contributed by atoms with Gasteiger partial charge in [0.05, 0.1) is 12.0 Å². The molecule has 0 aromatic heterocycles. The van der Waals surface area contributed by atoms with Crippen molar-refractivity contribution in [2.24, 2.45) is 0 Å². The monoisotopic (exact) mass is 307 g/mol. The highest BCUT2D eigenvalue weighted by Crippen LogP contribution is 2.42. The average Bonchev–Trinajstić information content (AvgIpc) is 2.41. The number of halogens is 1. The van der Waals surface area contributed by atoms with Crippen molar-refractivity contribution in [3.05, 3.63) is 28.3 Å². The van der Waals surface area contributed by atoms with Crippen molar-refractivity contribution >= 4 is 23.3 Å². The lowest BCUT2D eigenvalue weighted by atomic mass is 9.82. The van der Waals surface area contributed by atoms with E-state index < -0.39 is 5.60 Å². The highest BCUT2D eigenvalue weighted by molar-refractivity contribution is 6.31. The number of aryl methyl sites for hydroxylation is 1. The minimum Gasteiger partial charge on any atom is -0.486 e. The van der Waals surface area contributed by atoms with Gasteiger partial charge < -0.3 is 9.64 Å². The summed E-state index contributed by atoms with van der Waals surface area (Å²) in [7, 11) is 0. The van der Waals surface area contributed by atoms with E-state index in [-0.39, 0.29) is 11.7 Å². The minimum atomic E-state index is -0.464. The Morgan fingerprint density at radius 3 is 2.62 bits per heavy atom. The normalized spacial score (nSPS) is 20.1. The van der Waals surface area contributed by atoms with E-state index in [1.807, 2.05) is 17.9 Å². The first-order valence-electron chi connectivity index (χ1n) is 7.18. The molecule has 0 atom stereocenters. The van der Waals surface area contributed by atoms with Gasteiger partial charge in [0, 0.05) is 37.9 Å². The van der Waals surface area contributed by atoms with Crippen LogP contribution in [-0.2, 0) is 4.79 Å².